The first-order valence-corrected chi connectivity index (χ1v) is 7.15. The van der Waals surface area contributed by atoms with Crippen LogP contribution >= 0.6 is 0 Å². The van der Waals surface area contributed by atoms with Gasteiger partial charge in [0.05, 0.1) is 18.1 Å². The van der Waals surface area contributed by atoms with Gasteiger partial charge in [0.1, 0.15) is 0 Å². The van der Waals surface area contributed by atoms with E-state index in [9.17, 15) is 9.90 Å². The van der Waals surface area contributed by atoms with Gasteiger partial charge in [0.25, 0.3) is 0 Å². The van der Waals surface area contributed by atoms with Gasteiger partial charge >= 0.3 is 5.97 Å². The molecule has 0 aliphatic heterocycles. The van der Waals surface area contributed by atoms with E-state index in [0.29, 0.717) is 37.7 Å². The molecule has 0 aromatic rings. The molecule has 0 radical (unpaired) electrons. The average Bonchev–Trinajstić information content (AvgIpc) is 2.15. The largest absolute Gasteiger partial charge is 0.466 e. The smallest absolute Gasteiger partial charge is 0.311 e. The molecule has 0 heterocycles. The van der Waals surface area contributed by atoms with Crippen LogP contribution in [0.5, 0.6) is 0 Å². The molecular formula is C15H30O3. The van der Waals surface area contributed by atoms with Crippen molar-refractivity contribution in [1.29, 1.82) is 0 Å². The Labute approximate surface area is 112 Å². The Balaban J connectivity index is 5.04. The summed E-state index contributed by atoms with van der Waals surface area (Å²) >= 11 is 0. The van der Waals surface area contributed by atoms with Crippen LogP contribution in [-0.4, -0.2) is 23.3 Å². The molecule has 0 rings (SSSR count). The number of ether oxygens (including phenoxy) is 1. The molecule has 0 saturated carbocycles. The minimum absolute atomic E-state index is 0.260. The highest BCUT2D eigenvalue weighted by atomic mass is 16.5. The number of esters is 1. The lowest BCUT2D eigenvalue weighted by atomic mass is 9.74. The Morgan fingerprint density at radius 1 is 1.11 bits per heavy atom. The van der Waals surface area contributed by atoms with Crippen LogP contribution < -0.4 is 0 Å². The van der Waals surface area contributed by atoms with Crippen LogP contribution in [0.15, 0.2) is 0 Å². The van der Waals surface area contributed by atoms with Gasteiger partial charge in [-0.25, -0.2) is 0 Å². The van der Waals surface area contributed by atoms with E-state index in [1.54, 1.807) is 6.92 Å². The van der Waals surface area contributed by atoms with Crippen molar-refractivity contribution in [3.05, 3.63) is 0 Å². The van der Waals surface area contributed by atoms with Crippen LogP contribution in [0.2, 0.25) is 0 Å². The summed E-state index contributed by atoms with van der Waals surface area (Å²) < 4.78 is 5.11. The highest BCUT2D eigenvalue weighted by Gasteiger charge is 2.41. The second-order valence-electron chi connectivity index (χ2n) is 6.01. The van der Waals surface area contributed by atoms with E-state index >= 15 is 0 Å². The summed E-state index contributed by atoms with van der Waals surface area (Å²) in [5, 5.41) is 10.9. The standard InChI is InChI=1S/C15H30O3/c1-7-13(14(16)18-8-2)15(17,9-11(3)4)10-12(5)6/h11-13,17H,7-10H2,1-6H3. The van der Waals surface area contributed by atoms with Crippen LogP contribution in [0, 0.1) is 17.8 Å². The molecule has 3 nitrogen and oxygen atoms in total. The Kier molecular flexibility index (Phi) is 7.53. The molecule has 18 heavy (non-hydrogen) atoms. The van der Waals surface area contributed by atoms with Crippen molar-refractivity contribution in [2.75, 3.05) is 6.61 Å². The van der Waals surface area contributed by atoms with Crippen LogP contribution in [0.1, 0.15) is 60.8 Å². The molecule has 0 aromatic carbocycles. The number of aliphatic hydroxyl groups is 1. The van der Waals surface area contributed by atoms with Crippen molar-refractivity contribution < 1.29 is 14.6 Å². The highest BCUT2D eigenvalue weighted by molar-refractivity contribution is 5.73. The van der Waals surface area contributed by atoms with E-state index in [-0.39, 0.29) is 5.97 Å². The van der Waals surface area contributed by atoms with Crippen molar-refractivity contribution in [1.82, 2.24) is 0 Å². The zero-order chi connectivity index (χ0) is 14.3. The lowest BCUT2D eigenvalue weighted by Crippen LogP contribution is -2.45. The second kappa shape index (κ2) is 7.78. The highest BCUT2D eigenvalue weighted by Crippen LogP contribution is 2.34. The molecule has 0 bridgehead atoms. The fourth-order valence-corrected chi connectivity index (χ4v) is 2.79. The normalized spacial score (nSPS) is 14.1. The number of carbonyl (C=O) groups is 1. The molecule has 1 N–H and O–H groups in total. The summed E-state index contributed by atoms with van der Waals surface area (Å²) in [5.74, 6) is 0.0421. The molecule has 0 aliphatic rings. The molecule has 108 valence electrons. The lowest BCUT2D eigenvalue weighted by molar-refractivity contribution is -0.161. The molecule has 0 amide bonds. The molecular weight excluding hydrogens is 228 g/mol. The maximum absolute atomic E-state index is 12.0. The summed E-state index contributed by atoms with van der Waals surface area (Å²) in [5.41, 5.74) is -0.941. The molecule has 3 heteroatoms. The van der Waals surface area contributed by atoms with Gasteiger partial charge < -0.3 is 9.84 Å². The quantitative estimate of drug-likeness (QED) is 0.679. The van der Waals surface area contributed by atoms with Crippen molar-refractivity contribution in [3.63, 3.8) is 0 Å². The second-order valence-corrected chi connectivity index (χ2v) is 6.01. The van der Waals surface area contributed by atoms with Crippen molar-refractivity contribution >= 4 is 5.97 Å². The number of hydrogen-bond donors (Lipinski definition) is 1. The first-order chi connectivity index (χ1) is 8.26. The monoisotopic (exact) mass is 258 g/mol. The third-order valence-corrected chi connectivity index (χ3v) is 3.15. The van der Waals surface area contributed by atoms with Crippen LogP contribution in [0.4, 0.5) is 0 Å². The summed E-state index contributed by atoms with van der Waals surface area (Å²) in [6.07, 6.45) is 1.90. The number of hydrogen-bond acceptors (Lipinski definition) is 3. The van der Waals surface area contributed by atoms with Crippen molar-refractivity contribution in [2.24, 2.45) is 17.8 Å². The van der Waals surface area contributed by atoms with E-state index < -0.39 is 11.5 Å². The molecule has 0 fully saturated rings. The van der Waals surface area contributed by atoms with Gasteiger partial charge in [-0.05, 0) is 38.0 Å². The van der Waals surface area contributed by atoms with E-state index in [2.05, 4.69) is 27.7 Å². The molecule has 0 aromatic heterocycles. The molecule has 0 spiro atoms. The predicted molar refractivity (Wildman–Crippen MR) is 74.3 cm³/mol. The fraction of sp³-hybridized carbons (Fsp3) is 0.933. The minimum Gasteiger partial charge on any atom is -0.466 e. The maximum Gasteiger partial charge on any atom is 0.311 e. The van der Waals surface area contributed by atoms with Gasteiger partial charge in [-0.1, -0.05) is 34.6 Å². The molecule has 0 saturated heterocycles. The summed E-state index contributed by atoms with van der Waals surface area (Å²) in [6.45, 7) is 12.4. The lowest BCUT2D eigenvalue weighted by Gasteiger charge is -2.37. The maximum atomic E-state index is 12.0. The third kappa shape index (κ3) is 5.38. The third-order valence-electron chi connectivity index (χ3n) is 3.15. The van der Waals surface area contributed by atoms with E-state index in [0.717, 1.165) is 0 Å². The van der Waals surface area contributed by atoms with E-state index in [4.69, 9.17) is 4.74 Å². The summed E-state index contributed by atoms with van der Waals surface area (Å²) in [4.78, 5) is 12.0. The fourth-order valence-electron chi connectivity index (χ4n) is 2.79. The summed E-state index contributed by atoms with van der Waals surface area (Å²) in [6, 6.07) is 0. The first-order valence-electron chi connectivity index (χ1n) is 7.15. The van der Waals surface area contributed by atoms with Gasteiger partial charge in [-0.3, -0.25) is 4.79 Å². The van der Waals surface area contributed by atoms with Gasteiger partial charge in [0.15, 0.2) is 0 Å². The van der Waals surface area contributed by atoms with Crippen molar-refractivity contribution in [3.8, 4) is 0 Å². The van der Waals surface area contributed by atoms with Gasteiger partial charge in [-0.2, -0.15) is 0 Å². The SMILES string of the molecule is CCOC(=O)C(CC)C(O)(CC(C)C)CC(C)C. The van der Waals surface area contributed by atoms with Crippen LogP contribution in [-0.2, 0) is 9.53 Å². The van der Waals surface area contributed by atoms with E-state index in [1.807, 2.05) is 6.92 Å². The average molecular weight is 258 g/mol. The Hall–Kier alpha value is -0.570. The summed E-state index contributed by atoms with van der Waals surface area (Å²) in [7, 11) is 0. The number of rotatable bonds is 8. The zero-order valence-corrected chi connectivity index (χ0v) is 12.8. The molecule has 1 atom stereocenters. The van der Waals surface area contributed by atoms with Crippen LogP contribution in [0.25, 0.3) is 0 Å². The van der Waals surface area contributed by atoms with E-state index in [1.165, 1.54) is 0 Å². The first kappa shape index (κ1) is 17.4. The Morgan fingerprint density at radius 2 is 1.56 bits per heavy atom. The molecule has 0 aliphatic carbocycles. The number of carbonyl (C=O) groups excluding carboxylic acids is 1. The van der Waals surface area contributed by atoms with Gasteiger partial charge in [0, 0.05) is 0 Å². The molecule has 1 unspecified atom stereocenters. The zero-order valence-electron chi connectivity index (χ0n) is 12.8. The Morgan fingerprint density at radius 3 is 1.83 bits per heavy atom. The van der Waals surface area contributed by atoms with Gasteiger partial charge in [0.2, 0.25) is 0 Å². The predicted octanol–water partition coefficient (Wildman–Crippen LogP) is 3.40. The van der Waals surface area contributed by atoms with Crippen molar-refractivity contribution in [2.45, 2.75) is 66.4 Å². The van der Waals surface area contributed by atoms with Crippen LogP contribution in [0.3, 0.4) is 0 Å². The topological polar surface area (TPSA) is 46.5 Å². The Bertz CT molecular complexity index is 236. The van der Waals surface area contributed by atoms with Gasteiger partial charge in [-0.15, -0.1) is 0 Å². The minimum atomic E-state index is -0.941.